The predicted octanol–water partition coefficient (Wildman–Crippen LogP) is 8.17. The fourth-order valence-corrected chi connectivity index (χ4v) is 6.90. The molecule has 1 aliphatic rings. The number of nitrogens with one attached hydrogen (secondary N) is 1. The van der Waals surface area contributed by atoms with Crippen molar-refractivity contribution in [3.63, 3.8) is 0 Å². The lowest BCUT2D eigenvalue weighted by Gasteiger charge is -2.22. The Morgan fingerprint density at radius 1 is 0.865 bits per heavy atom. The molecule has 10 nitrogen and oxygen atoms in total. The number of hydrogen-bond acceptors (Lipinski definition) is 8. The van der Waals surface area contributed by atoms with Crippen LogP contribution >= 0.6 is 11.8 Å². The minimum atomic E-state index is -1.05. The van der Waals surface area contributed by atoms with Crippen molar-refractivity contribution >= 4 is 63.1 Å². The Hall–Kier alpha value is -6.72. The molecule has 5 aromatic carbocycles. The number of thioether (sulfide) groups is 1. The number of rotatable bonds is 9. The summed E-state index contributed by atoms with van der Waals surface area (Å²) < 4.78 is 5.24. The van der Waals surface area contributed by atoms with Crippen molar-refractivity contribution in [3.8, 4) is 22.8 Å². The summed E-state index contributed by atoms with van der Waals surface area (Å²) in [5.41, 5.74) is 4.07. The topological polar surface area (TPSA) is 141 Å². The van der Waals surface area contributed by atoms with Gasteiger partial charge in [0.2, 0.25) is 5.91 Å². The van der Waals surface area contributed by atoms with Gasteiger partial charge in [0.25, 0.3) is 5.91 Å². The van der Waals surface area contributed by atoms with E-state index in [1.165, 1.54) is 18.1 Å². The lowest BCUT2D eigenvalue weighted by molar-refractivity contribution is -0.116. The maximum absolute atomic E-state index is 14.1. The number of phenolic OH excluding ortho intramolecular Hbond substituents is 1. The zero-order valence-electron chi connectivity index (χ0n) is 27.6. The number of aromatic hydroxyl groups is 1. The molecule has 0 radical (unpaired) electrons. The number of anilines is 2. The number of pyridine rings is 1. The maximum atomic E-state index is 14.1. The summed E-state index contributed by atoms with van der Waals surface area (Å²) in [6, 6.07) is 38.8. The van der Waals surface area contributed by atoms with Gasteiger partial charge in [-0.3, -0.25) is 14.5 Å². The fraction of sp³-hybridized carbons (Fsp3) is 0.0488. The van der Waals surface area contributed by atoms with Gasteiger partial charge in [-0.15, -0.1) is 0 Å². The standard InChI is InChI=1S/C41H30N4O6S/c1-51-35-18-10-13-27(36(35)46)23-34-39(48)45(29-14-6-3-7-15-29)41(44-34)52-37(26-11-4-2-5-12-26)38(47)42-28-21-19-25(20-22-28)33-24-31(40(49)50)30-16-8-9-17-32(30)43-33/h2-24,37,46H,1H3,(H,42,47)(H,49,50)/b34-23-. The Morgan fingerprint density at radius 2 is 1.56 bits per heavy atom. The lowest BCUT2D eigenvalue weighted by Crippen LogP contribution is -2.32. The van der Waals surface area contributed by atoms with Crippen LogP contribution in [0.25, 0.3) is 28.2 Å². The summed E-state index contributed by atoms with van der Waals surface area (Å²) in [5.74, 6) is -1.70. The Balaban J connectivity index is 1.20. The molecular weight excluding hydrogens is 677 g/mol. The molecule has 7 rings (SSSR count). The number of benzene rings is 5. The van der Waals surface area contributed by atoms with Gasteiger partial charge >= 0.3 is 5.97 Å². The zero-order valence-corrected chi connectivity index (χ0v) is 28.5. The number of ether oxygens (including phenoxy) is 1. The Bertz CT molecular complexity index is 2380. The highest BCUT2D eigenvalue weighted by Gasteiger charge is 2.36. The van der Waals surface area contributed by atoms with E-state index in [0.717, 1.165) is 11.8 Å². The molecule has 1 aliphatic heterocycles. The summed E-state index contributed by atoms with van der Waals surface area (Å²) in [7, 11) is 1.44. The van der Waals surface area contributed by atoms with Crippen LogP contribution in [-0.4, -0.2) is 45.3 Å². The summed E-state index contributed by atoms with van der Waals surface area (Å²) in [6.45, 7) is 0. The fourth-order valence-electron chi connectivity index (χ4n) is 5.79. The molecule has 1 aromatic heterocycles. The van der Waals surface area contributed by atoms with E-state index in [-0.39, 0.29) is 33.8 Å². The van der Waals surface area contributed by atoms with Crippen LogP contribution in [0.15, 0.2) is 144 Å². The Kier molecular flexibility index (Phi) is 9.50. The van der Waals surface area contributed by atoms with E-state index in [2.05, 4.69) is 10.3 Å². The van der Waals surface area contributed by atoms with Gasteiger partial charge in [0.1, 0.15) is 10.9 Å². The summed E-state index contributed by atoms with van der Waals surface area (Å²) in [5, 5.41) is 23.5. The number of nitrogens with zero attached hydrogens (tertiary/aromatic N) is 3. The van der Waals surface area contributed by atoms with Crippen molar-refractivity contribution in [3.05, 3.63) is 156 Å². The van der Waals surface area contributed by atoms with Gasteiger partial charge in [-0.05, 0) is 54.1 Å². The van der Waals surface area contributed by atoms with Gasteiger partial charge in [0.15, 0.2) is 16.7 Å². The predicted molar refractivity (Wildman–Crippen MR) is 204 cm³/mol. The third-order valence-corrected chi connectivity index (χ3v) is 9.55. The highest BCUT2D eigenvalue weighted by Crippen LogP contribution is 2.39. The molecule has 0 aliphatic carbocycles. The number of fused-ring (bicyclic) bond motifs is 1. The first kappa shape index (κ1) is 33.8. The van der Waals surface area contributed by atoms with Crippen LogP contribution in [-0.2, 0) is 9.59 Å². The molecule has 52 heavy (non-hydrogen) atoms. The van der Waals surface area contributed by atoms with Crippen molar-refractivity contribution in [2.75, 3.05) is 17.3 Å². The number of amides is 2. The number of methoxy groups -OCH3 is 1. The second-order valence-electron chi connectivity index (χ2n) is 11.7. The summed E-state index contributed by atoms with van der Waals surface area (Å²) in [6.07, 6.45) is 1.49. The van der Waals surface area contributed by atoms with E-state index >= 15 is 0 Å². The molecule has 2 amide bonds. The molecule has 11 heteroatoms. The van der Waals surface area contributed by atoms with Gasteiger partial charge in [-0.25, -0.2) is 14.8 Å². The maximum Gasteiger partial charge on any atom is 0.336 e. The van der Waals surface area contributed by atoms with Crippen molar-refractivity contribution in [2.45, 2.75) is 5.25 Å². The van der Waals surface area contributed by atoms with E-state index in [1.54, 1.807) is 84.9 Å². The van der Waals surface area contributed by atoms with Crippen LogP contribution in [0.2, 0.25) is 0 Å². The number of aromatic nitrogens is 1. The second-order valence-corrected chi connectivity index (χ2v) is 12.7. The molecule has 2 heterocycles. The Labute approximate surface area is 302 Å². The number of aromatic carboxylic acids is 1. The average molecular weight is 707 g/mol. The summed E-state index contributed by atoms with van der Waals surface area (Å²) in [4.78, 5) is 50.9. The summed E-state index contributed by atoms with van der Waals surface area (Å²) >= 11 is 1.12. The number of aliphatic imine (C=N–C) groups is 1. The van der Waals surface area contributed by atoms with Crippen molar-refractivity contribution in [2.24, 2.45) is 4.99 Å². The van der Waals surface area contributed by atoms with E-state index in [9.17, 15) is 24.6 Å². The van der Waals surface area contributed by atoms with Crippen LogP contribution in [0, 0.1) is 0 Å². The highest BCUT2D eigenvalue weighted by atomic mass is 32.2. The second kappa shape index (κ2) is 14.6. The van der Waals surface area contributed by atoms with Crippen LogP contribution in [0.1, 0.15) is 26.7 Å². The van der Waals surface area contributed by atoms with Crippen LogP contribution < -0.4 is 15.0 Å². The number of carbonyl (C=O) groups is 3. The van der Waals surface area contributed by atoms with E-state index in [0.29, 0.717) is 44.7 Å². The van der Waals surface area contributed by atoms with Crippen molar-refractivity contribution in [1.29, 1.82) is 0 Å². The third kappa shape index (κ3) is 6.85. The first-order valence-corrected chi connectivity index (χ1v) is 17.0. The van der Waals surface area contributed by atoms with E-state index < -0.39 is 17.1 Å². The number of para-hydroxylation sites is 3. The van der Waals surface area contributed by atoms with Gasteiger partial charge < -0.3 is 20.3 Å². The smallest absolute Gasteiger partial charge is 0.336 e. The van der Waals surface area contributed by atoms with Crippen LogP contribution in [0.3, 0.4) is 0 Å². The normalized spacial score (nSPS) is 13.9. The van der Waals surface area contributed by atoms with E-state index in [1.807, 2.05) is 48.5 Å². The van der Waals surface area contributed by atoms with Crippen molar-refractivity contribution in [1.82, 2.24) is 4.98 Å². The Morgan fingerprint density at radius 3 is 2.27 bits per heavy atom. The minimum Gasteiger partial charge on any atom is -0.504 e. The molecule has 0 spiro atoms. The molecule has 3 N–H and O–H groups in total. The number of carbonyl (C=O) groups excluding carboxylic acids is 2. The third-order valence-electron chi connectivity index (χ3n) is 8.34. The first-order chi connectivity index (χ1) is 25.3. The molecule has 0 saturated heterocycles. The number of hydrogen-bond donors (Lipinski definition) is 3. The number of phenols is 1. The minimum absolute atomic E-state index is 0.0751. The van der Waals surface area contributed by atoms with Gasteiger partial charge in [-0.1, -0.05) is 103 Å². The largest absolute Gasteiger partial charge is 0.504 e. The molecule has 0 fully saturated rings. The molecule has 256 valence electrons. The molecule has 0 bridgehead atoms. The van der Waals surface area contributed by atoms with Gasteiger partial charge in [0.05, 0.1) is 29.6 Å². The molecule has 0 saturated carbocycles. The quantitative estimate of drug-likeness (QED) is 0.128. The molecular formula is C41H30N4O6S. The monoisotopic (exact) mass is 706 g/mol. The number of carboxylic acid groups (broad SMARTS) is 1. The average Bonchev–Trinajstić information content (AvgIpc) is 3.48. The van der Waals surface area contributed by atoms with Crippen LogP contribution in [0.4, 0.5) is 11.4 Å². The zero-order chi connectivity index (χ0) is 36.2. The first-order valence-electron chi connectivity index (χ1n) is 16.1. The SMILES string of the molecule is COc1cccc(/C=C2\N=C(SC(C(=O)Nc3ccc(-c4cc(C(=O)O)c5ccccc5n4)cc3)c3ccccc3)N(c3ccccc3)C2=O)c1O. The highest BCUT2D eigenvalue weighted by molar-refractivity contribution is 8.15. The van der Waals surface area contributed by atoms with Crippen molar-refractivity contribution < 1.29 is 29.3 Å². The van der Waals surface area contributed by atoms with Crippen LogP contribution in [0.5, 0.6) is 11.5 Å². The number of carboxylic acids is 1. The molecule has 6 aromatic rings. The van der Waals surface area contributed by atoms with Gasteiger partial charge in [-0.2, -0.15) is 0 Å². The molecule has 1 atom stereocenters. The lowest BCUT2D eigenvalue weighted by atomic mass is 10.0. The molecule has 1 unspecified atom stereocenters. The van der Waals surface area contributed by atoms with Gasteiger partial charge in [0, 0.05) is 22.2 Å². The van der Waals surface area contributed by atoms with E-state index in [4.69, 9.17) is 9.73 Å². The number of amidine groups is 1.